The van der Waals surface area contributed by atoms with Gasteiger partial charge in [-0.2, -0.15) is 0 Å². The highest BCUT2D eigenvalue weighted by molar-refractivity contribution is 5.89. The Balaban J connectivity index is 1.67. The van der Waals surface area contributed by atoms with E-state index < -0.39 is 0 Å². The normalized spacial score (nSPS) is 12.5. The van der Waals surface area contributed by atoms with Crippen LogP contribution in [-0.4, -0.2) is 26.2 Å². The highest BCUT2D eigenvalue weighted by Crippen LogP contribution is 2.35. The van der Waals surface area contributed by atoms with Crippen molar-refractivity contribution in [3.63, 3.8) is 0 Å². The molecule has 0 saturated heterocycles. The monoisotopic (exact) mass is 365 g/mol. The van der Waals surface area contributed by atoms with Gasteiger partial charge in [-0.1, -0.05) is 12.1 Å². The molecule has 1 aliphatic rings. The summed E-state index contributed by atoms with van der Waals surface area (Å²) in [4.78, 5) is 22.6. The van der Waals surface area contributed by atoms with Crippen molar-refractivity contribution in [2.45, 2.75) is 26.7 Å². The van der Waals surface area contributed by atoms with E-state index in [0.717, 1.165) is 46.9 Å². The molecule has 3 aromatic heterocycles. The number of benzene rings is 1. The van der Waals surface area contributed by atoms with E-state index in [1.807, 2.05) is 24.7 Å². The summed E-state index contributed by atoms with van der Waals surface area (Å²) < 4.78 is 0. The number of hydrogen-bond donors (Lipinski definition) is 0. The van der Waals surface area contributed by atoms with Gasteiger partial charge >= 0.3 is 0 Å². The van der Waals surface area contributed by atoms with E-state index in [1.54, 1.807) is 6.33 Å². The second-order valence-corrected chi connectivity index (χ2v) is 7.06. The standard InChI is InChI=1S/C23H19N5/c1-14-5-6-16-15(2)24-10-7-17(16)19(14)12-21-18(4-3-9-25-21)22-23-20(8-11-26-23)27-13-28-22/h3-7,9-11,13H,8,12H2,1-2H3. The zero-order valence-electron chi connectivity index (χ0n) is 15.8. The van der Waals surface area contributed by atoms with E-state index >= 15 is 0 Å². The van der Waals surface area contributed by atoms with Crippen molar-refractivity contribution < 1.29 is 0 Å². The van der Waals surface area contributed by atoms with Gasteiger partial charge in [-0.15, -0.1) is 0 Å². The number of pyridine rings is 2. The van der Waals surface area contributed by atoms with Crippen LogP contribution in [0.15, 0.2) is 54.0 Å². The molecule has 0 unspecified atom stereocenters. The molecule has 5 rings (SSSR count). The first kappa shape index (κ1) is 16.7. The molecule has 0 radical (unpaired) electrons. The summed E-state index contributed by atoms with van der Waals surface area (Å²) in [6, 6.07) is 10.4. The average molecular weight is 365 g/mol. The average Bonchev–Trinajstić information content (AvgIpc) is 3.20. The van der Waals surface area contributed by atoms with Crippen molar-refractivity contribution in [2.24, 2.45) is 4.99 Å². The first-order valence-corrected chi connectivity index (χ1v) is 9.37. The second kappa shape index (κ2) is 6.60. The molecule has 0 amide bonds. The Hall–Kier alpha value is -3.47. The molecule has 0 saturated carbocycles. The summed E-state index contributed by atoms with van der Waals surface area (Å²) >= 11 is 0. The van der Waals surface area contributed by atoms with Crippen molar-refractivity contribution in [3.8, 4) is 11.3 Å². The molecule has 0 bridgehead atoms. The van der Waals surface area contributed by atoms with Gasteiger partial charge in [-0.05, 0) is 48.6 Å². The largest absolute Gasteiger partial charge is 0.261 e. The van der Waals surface area contributed by atoms with E-state index in [-0.39, 0.29) is 0 Å². The molecule has 1 aromatic carbocycles. The summed E-state index contributed by atoms with van der Waals surface area (Å²) in [7, 11) is 0. The number of rotatable bonds is 3. The van der Waals surface area contributed by atoms with Crippen molar-refractivity contribution in [2.75, 3.05) is 0 Å². The van der Waals surface area contributed by atoms with Crippen LogP contribution in [0.5, 0.6) is 0 Å². The van der Waals surface area contributed by atoms with E-state index in [2.05, 4.69) is 58.1 Å². The second-order valence-electron chi connectivity index (χ2n) is 7.06. The third kappa shape index (κ3) is 2.67. The molecule has 5 heteroatoms. The number of nitrogens with zero attached hydrogens (tertiary/aromatic N) is 5. The zero-order chi connectivity index (χ0) is 19.1. The molecule has 4 heterocycles. The molecule has 0 N–H and O–H groups in total. The predicted octanol–water partition coefficient (Wildman–Crippen LogP) is 4.55. The molecular weight excluding hydrogens is 346 g/mol. The smallest absolute Gasteiger partial charge is 0.116 e. The lowest BCUT2D eigenvalue weighted by Gasteiger charge is -2.14. The number of aliphatic imine (C=N–C) groups is 1. The molecule has 0 fully saturated rings. The molecule has 1 aliphatic heterocycles. The number of aryl methyl sites for hydroxylation is 2. The molecule has 5 nitrogen and oxygen atoms in total. The quantitative estimate of drug-likeness (QED) is 0.534. The molecule has 0 aliphatic carbocycles. The van der Waals surface area contributed by atoms with E-state index in [1.165, 1.54) is 21.9 Å². The van der Waals surface area contributed by atoms with Gasteiger partial charge in [0.05, 0.1) is 11.4 Å². The summed E-state index contributed by atoms with van der Waals surface area (Å²) in [6.07, 6.45) is 8.73. The Bertz CT molecular complexity index is 1240. The maximum atomic E-state index is 4.72. The van der Waals surface area contributed by atoms with Crippen molar-refractivity contribution in [3.05, 3.63) is 77.3 Å². The van der Waals surface area contributed by atoms with Gasteiger partial charge in [-0.3, -0.25) is 15.0 Å². The van der Waals surface area contributed by atoms with Gasteiger partial charge in [0.1, 0.15) is 17.7 Å². The number of fused-ring (bicyclic) bond motifs is 2. The van der Waals surface area contributed by atoms with Crippen molar-refractivity contribution in [1.82, 2.24) is 19.9 Å². The van der Waals surface area contributed by atoms with Gasteiger partial charge in [0.2, 0.25) is 0 Å². The molecule has 4 aromatic rings. The SMILES string of the molecule is Cc1ccc2c(C)nccc2c1Cc1ncccc1-c1ncnc2c1N=CC2. The minimum absolute atomic E-state index is 0.727. The van der Waals surface area contributed by atoms with Crippen molar-refractivity contribution >= 4 is 22.7 Å². The fourth-order valence-electron chi connectivity index (χ4n) is 3.89. The lowest BCUT2D eigenvalue weighted by molar-refractivity contribution is 1.05. The molecular formula is C23H19N5. The highest BCUT2D eigenvalue weighted by Gasteiger charge is 2.19. The number of hydrogen-bond acceptors (Lipinski definition) is 5. The molecule has 136 valence electrons. The zero-order valence-corrected chi connectivity index (χ0v) is 15.8. The minimum atomic E-state index is 0.727. The Morgan fingerprint density at radius 1 is 0.893 bits per heavy atom. The third-order valence-electron chi connectivity index (χ3n) is 5.38. The van der Waals surface area contributed by atoms with E-state index in [4.69, 9.17) is 4.98 Å². The van der Waals surface area contributed by atoms with Gasteiger partial charge in [0, 0.05) is 48.1 Å². The van der Waals surface area contributed by atoms with Crippen LogP contribution in [0.25, 0.3) is 22.0 Å². The molecule has 0 atom stereocenters. The van der Waals surface area contributed by atoms with Crippen LogP contribution in [-0.2, 0) is 12.8 Å². The fourth-order valence-corrected chi connectivity index (χ4v) is 3.89. The van der Waals surface area contributed by atoms with Crippen LogP contribution in [0, 0.1) is 13.8 Å². The lowest BCUT2D eigenvalue weighted by atomic mass is 9.94. The highest BCUT2D eigenvalue weighted by atomic mass is 14.9. The summed E-state index contributed by atoms with van der Waals surface area (Å²) in [5.74, 6) is 0. The fraction of sp³-hybridized carbons (Fsp3) is 0.174. The third-order valence-corrected chi connectivity index (χ3v) is 5.38. The van der Waals surface area contributed by atoms with Gasteiger partial charge < -0.3 is 0 Å². The predicted molar refractivity (Wildman–Crippen MR) is 111 cm³/mol. The minimum Gasteiger partial charge on any atom is -0.261 e. The Kier molecular flexibility index (Phi) is 3.93. The van der Waals surface area contributed by atoms with Crippen LogP contribution < -0.4 is 0 Å². The van der Waals surface area contributed by atoms with Gasteiger partial charge in [0.25, 0.3) is 0 Å². The Morgan fingerprint density at radius 2 is 1.82 bits per heavy atom. The number of aromatic nitrogens is 4. The Morgan fingerprint density at radius 3 is 2.75 bits per heavy atom. The van der Waals surface area contributed by atoms with E-state index in [9.17, 15) is 0 Å². The van der Waals surface area contributed by atoms with Gasteiger partial charge in [-0.25, -0.2) is 9.97 Å². The maximum Gasteiger partial charge on any atom is 0.116 e. The van der Waals surface area contributed by atoms with Gasteiger partial charge in [0.15, 0.2) is 0 Å². The summed E-state index contributed by atoms with van der Waals surface area (Å²) in [5, 5.41) is 2.42. The van der Waals surface area contributed by atoms with Crippen LogP contribution >= 0.6 is 0 Å². The summed E-state index contributed by atoms with van der Waals surface area (Å²) in [6.45, 7) is 4.20. The van der Waals surface area contributed by atoms with Crippen LogP contribution in [0.2, 0.25) is 0 Å². The van der Waals surface area contributed by atoms with Crippen LogP contribution in [0.4, 0.5) is 5.69 Å². The van der Waals surface area contributed by atoms with Crippen LogP contribution in [0.3, 0.4) is 0 Å². The Labute approximate surface area is 163 Å². The lowest BCUT2D eigenvalue weighted by Crippen LogP contribution is -2.01. The first-order valence-electron chi connectivity index (χ1n) is 9.37. The van der Waals surface area contributed by atoms with Crippen LogP contribution in [0.1, 0.15) is 28.2 Å². The molecule has 0 spiro atoms. The van der Waals surface area contributed by atoms with Crippen molar-refractivity contribution in [1.29, 1.82) is 0 Å². The summed E-state index contributed by atoms with van der Waals surface area (Å²) in [5.41, 5.74) is 8.28. The first-order chi connectivity index (χ1) is 13.7. The molecule has 28 heavy (non-hydrogen) atoms. The maximum absolute atomic E-state index is 4.72. The van der Waals surface area contributed by atoms with E-state index in [0.29, 0.717) is 0 Å². The topological polar surface area (TPSA) is 63.9 Å².